The number of hydrogen-bond donors (Lipinski definition) is 0. The fourth-order valence-electron chi connectivity index (χ4n) is 2.46. The van der Waals surface area contributed by atoms with Crippen LogP contribution in [0.1, 0.15) is 33.6 Å². The molecule has 0 fully saturated rings. The van der Waals surface area contributed by atoms with Crippen LogP contribution in [0.3, 0.4) is 0 Å². The molecule has 0 aliphatic carbocycles. The third kappa shape index (κ3) is 11.9. The second-order valence-corrected chi connectivity index (χ2v) is 6.61. The van der Waals surface area contributed by atoms with Gasteiger partial charge in [-0.15, -0.1) is 6.42 Å². The van der Waals surface area contributed by atoms with E-state index in [1.807, 2.05) is 32.1 Å². The maximum atomic E-state index is 6.03. The molecule has 0 bridgehead atoms. The van der Waals surface area contributed by atoms with E-state index < -0.39 is 0 Å². The average Bonchev–Trinajstić information content (AvgIpc) is 2.81. The summed E-state index contributed by atoms with van der Waals surface area (Å²) in [5.74, 6) is 5.02. The van der Waals surface area contributed by atoms with Crippen molar-refractivity contribution in [3.05, 3.63) is 66.9 Å². The molecule has 0 amide bonds. The summed E-state index contributed by atoms with van der Waals surface area (Å²) in [7, 11) is 1.62. The van der Waals surface area contributed by atoms with Crippen molar-refractivity contribution in [2.75, 3.05) is 13.6 Å². The molecule has 0 saturated carbocycles. The lowest BCUT2D eigenvalue weighted by Crippen LogP contribution is -2.11. The van der Waals surface area contributed by atoms with Crippen LogP contribution in [0.2, 0.25) is 0 Å². The number of terminal acetylenes is 1. The summed E-state index contributed by atoms with van der Waals surface area (Å²) in [6.45, 7) is 9.97. The van der Waals surface area contributed by atoms with Crippen LogP contribution in [0.5, 0.6) is 17.2 Å². The standard InChI is InChI=1S/C27H33N3O3/c1-7-10-13-18-30-26(9-3)32-24-19-23(31-22(4)15-12-14-17-28-5)20-25(21-24)33-27(29-6)16-11-8-2/h2,10-17,19-22H,5,7,9,18H2,1,3-4,6H3/b13-10-,15-12-,16-11-,17-14-,29-27?,30-26?. The van der Waals surface area contributed by atoms with E-state index >= 15 is 0 Å². The first kappa shape index (κ1) is 27.2. The molecular weight excluding hydrogens is 414 g/mol. The molecule has 0 heterocycles. The van der Waals surface area contributed by atoms with Crippen molar-refractivity contribution in [2.45, 2.75) is 39.7 Å². The second-order valence-electron chi connectivity index (χ2n) is 6.61. The molecule has 0 saturated heterocycles. The molecule has 0 radical (unpaired) electrons. The topological polar surface area (TPSA) is 64.8 Å². The summed E-state index contributed by atoms with van der Waals surface area (Å²) in [6.07, 6.45) is 21.0. The van der Waals surface area contributed by atoms with Gasteiger partial charge in [0.25, 0.3) is 0 Å². The highest BCUT2D eigenvalue weighted by atomic mass is 16.5. The number of rotatable bonds is 12. The Morgan fingerprint density at radius 3 is 2.48 bits per heavy atom. The van der Waals surface area contributed by atoms with Crippen LogP contribution in [-0.4, -0.2) is 38.2 Å². The normalized spacial score (nSPS) is 13.7. The van der Waals surface area contributed by atoms with Crippen molar-refractivity contribution in [2.24, 2.45) is 15.0 Å². The largest absolute Gasteiger partial charge is 0.486 e. The van der Waals surface area contributed by atoms with E-state index in [4.69, 9.17) is 20.6 Å². The van der Waals surface area contributed by atoms with Crippen LogP contribution < -0.4 is 14.2 Å². The zero-order valence-corrected chi connectivity index (χ0v) is 19.9. The fraction of sp³-hybridized carbons (Fsp3) is 0.296. The zero-order chi connectivity index (χ0) is 24.3. The van der Waals surface area contributed by atoms with E-state index in [-0.39, 0.29) is 6.10 Å². The molecule has 6 nitrogen and oxygen atoms in total. The summed E-state index contributed by atoms with van der Waals surface area (Å²) in [6, 6.07) is 5.32. The highest BCUT2D eigenvalue weighted by Crippen LogP contribution is 2.29. The Labute approximate surface area is 197 Å². The van der Waals surface area contributed by atoms with Crippen LogP contribution >= 0.6 is 0 Å². The van der Waals surface area contributed by atoms with Crippen molar-refractivity contribution >= 4 is 18.5 Å². The molecule has 1 rings (SSSR count). The van der Waals surface area contributed by atoms with Crippen LogP contribution in [0.4, 0.5) is 0 Å². The summed E-state index contributed by atoms with van der Waals surface area (Å²) >= 11 is 0. The smallest absolute Gasteiger partial charge is 0.215 e. The van der Waals surface area contributed by atoms with Gasteiger partial charge in [0.1, 0.15) is 23.4 Å². The van der Waals surface area contributed by atoms with Crippen molar-refractivity contribution < 1.29 is 14.2 Å². The first-order chi connectivity index (χ1) is 16.1. The van der Waals surface area contributed by atoms with E-state index in [0.29, 0.717) is 42.0 Å². The van der Waals surface area contributed by atoms with Crippen molar-refractivity contribution in [1.82, 2.24) is 0 Å². The van der Waals surface area contributed by atoms with Gasteiger partial charge < -0.3 is 14.2 Å². The summed E-state index contributed by atoms with van der Waals surface area (Å²) in [5.41, 5.74) is 0. The van der Waals surface area contributed by atoms with Crippen molar-refractivity contribution in [3.63, 3.8) is 0 Å². The Hall–Kier alpha value is -3.85. The quantitative estimate of drug-likeness (QED) is 0.130. The summed E-state index contributed by atoms with van der Waals surface area (Å²) in [4.78, 5) is 12.3. The molecule has 0 aliphatic rings. The Balaban J connectivity index is 3.18. The van der Waals surface area contributed by atoms with Gasteiger partial charge in [0, 0.05) is 43.9 Å². The third-order valence-corrected chi connectivity index (χ3v) is 3.94. The van der Waals surface area contributed by atoms with E-state index in [1.54, 1.807) is 43.6 Å². The van der Waals surface area contributed by atoms with Gasteiger partial charge >= 0.3 is 0 Å². The van der Waals surface area contributed by atoms with Gasteiger partial charge in [-0.1, -0.05) is 38.0 Å². The number of benzene rings is 1. The van der Waals surface area contributed by atoms with Crippen LogP contribution in [0, 0.1) is 12.3 Å². The van der Waals surface area contributed by atoms with Crippen LogP contribution in [0.25, 0.3) is 0 Å². The summed E-state index contributed by atoms with van der Waals surface area (Å²) in [5, 5.41) is 0. The van der Waals surface area contributed by atoms with E-state index in [0.717, 1.165) is 6.42 Å². The number of aliphatic imine (C=N–C) groups is 3. The molecule has 33 heavy (non-hydrogen) atoms. The Morgan fingerprint density at radius 1 is 1.12 bits per heavy atom. The first-order valence-corrected chi connectivity index (χ1v) is 10.8. The maximum Gasteiger partial charge on any atom is 0.215 e. The lowest BCUT2D eigenvalue weighted by Gasteiger charge is -2.15. The van der Waals surface area contributed by atoms with E-state index in [9.17, 15) is 0 Å². The SMILES string of the molecule is C#C/C=C\C(=NC)Oc1cc(OC(CC)=NC/C=C\CC)cc(OC(C)/C=C\C=C/N=C)c1. The molecule has 6 heteroatoms. The van der Waals surface area contributed by atoms with Gasteiger partial charge in [-0.3, -0.25) is 15.0 Å². The van der Waals surface area contributed by atoms with Crippen LogP contribution in [-0.2, 0) is 0 Å². The summed E-state index contributed by atoms with van der Waals surface area (Å²) < 4.78 is 17.9. The minimum absolute atomic E-state index is 0.207. The fourth-order valence-corrected chi connectivity index (χ4v) is 2.46. The zero-order valence-electron chi connectivity index (χ0n) is 19.9. The lowest BCUT2D eigenvalue weighted by molar-refractivity contribution is 0.268. The van der Waals surface area contributed by atoms with Gasteiger partial charge in [-0.25, -0.2) is 0 Å². The maximum absolute atomic E-state index is 6.03. The number of ether oxygens (including phenoxy) is 3. The van der Waals surface area contributed by atoms with Gasteiger partial charge in [0.05, 0.1) is 6.54 Å². The molecule has 0 spiro atoms. The Kier molecular flexibility index (Phi) is 13.8. The molecule has 0 aliphatic heterocycles. The lowest BCUT2D eigenvalue weighted by atomic mass is 10.3. The minimum atomic E-state index is -0.207. The van der Waals surface area contributed by atoms with E-state index in [2.05, 4.69) is 40.6 Å². The minimum Gasteiger partial charge on any atom is -0.486 e. The first-order valence-electron chi connectivity index (χ1n) is 10.8. The molecule has 1 aromatic carbocycles. The second kappa shape index (κ2) is 16.8. The molecule has 0 N–H and O–H groups in total. The van der Waals surface area contributed by atoms with Crippen molar-refractivity contribution in [1.29, 1.82) is 0 Å². The molecule has 174 valence electrons. The average molecular weight is 448 g/mol. The Bertz CT molecular complexity index is 963. The predicted octanol–water partition coefficient (Wildman–Crippen LogP) is 5.97. The van der Waals surface area contributed by atoms with Gasteiger partial charge in [-0.2, -0.15) is 0 Å². The van der Waals surface area contributed by atoms with Gasteiger partial charge in [0.15, 0.2) is 5.90 Å². The van der Waals surface area contributed by atoms with Crippen molar-refractivity contribution in [3.8, 4) is 29.6 Å². The predicted molar refractivity (Wildman–Crippen MR) is 139 cm³/mol. The molecule has 1 aromatic rings. The monoisotopic (exact) mass is 447 g/mol. The van der Waals surface area contributed by atoms with Gasteiger partial charge in [-0.05, 0) is 38.3 Å². The number of nitrogens with zero attached hydrogens (tertiary/aromatic N) is 3. The molecule has 0 aromatic heterocycles. The van der Waals surface area contributed by atoms with Crippen LogP contribution in [0.15, 0.2) is 81.9 Å². The number of allylic oxidation sites excluding steroid dienone is 4. The Morgan fingerprint density at radius 2 is 1.85 bits per heavy atom. The molecule has 1 atom stereocenters. The van der Waals surface area contributed by atoms with Gasteiger partial charge in [0.2, 0.25) is 5.90 Å². The van der Waals surface area contributed by atoms with E-state index in [1.165, 1.54) is 6.08 Å². The highest BCUT2D eigenvalue weighted by Gasteiger charge is 2.10. The third-order valence-electron chi connectivity index (χ3n) is 3.94. The molecular formula is C27H33N3O3. The number of hydrogen-bond acceptors (Lipinski definition) is 6. The highest BCUT2D eigenvalue weighted by molar-refractivity contribution is 5.90. The molecule has 1 unspecified atom stereocenters.